The molecule has 1 aliphatic heterocycles. The Hall–Kier alpha value is -2.77. The molecular weight excluding hydrogens is 420 g/mol. The zero-order valence-corrected chi connectivity index (χ0v) is 19.3. The van der Waals surface area contributed by atoms with Gasteiger partial charge in [0.1, 0.15) is 11.8 Å². The molecule has 168 valence electrons. The first-order valence-corrected chi connectivity index (χ1v) is 12.0. The number of thiophene rings is 1. The van der Waals surface area contributed by atoms with Crippen LogP contribution in [0.1, 0.15) is 29.7 Å². The maximum Gasteiger partial charge on any atom is 0.317 e. The number of aryl methyl sites for hydroxylation is 1. The van der Waals surface area contributed by atoms with Crippen LogP contribution in [0, 0.1) is 0 Å². The molecule has 0 atom stereocenters. The minimum absolute atomic E-state index is 0.176. The molecule has 1 saturated heterocycles. The maximum atomic E-state index is 12.7. The summed E-state index contributed by atoms with van der Waals surface area (Å²) in [6, 6.07) is 14.5. The Balaban J connectivity index is 1.26. The SMILES string of the molecule is CN(C(=O)NCCCc1ccncc1)C1(C=O)CCN(Cc2cc3ccccc3s2)CC1. The molecule has 0 bridgehead atoms. The molecule has 1 aliphatic rings. The summed E-state index contributed by atoms with van der Waals surface area (Å²) in [6.07, 6.45) is 7.58. The van der Waals surface area contributed by atoms with E-state index < -0.39 is 5.54 Å². The number of benzene rings is 1. The molecule has 0 unspecified atom stereocenters. The molecule has 6 nitrogen and oxygen atoms in total. The van der Waals surface area contributed by atoms with Crippen LogP contribution in [0.2, 0.25) is 0 Å². The summed E-state index contributed by atoms with van der Waals surface area (Å²) < 4.78 is 1.31. The molecule has 0 aliphatic carbocycles. The van der Waals surface area contributed by atoms with Gasteiger partial charge in [0.2, 0.25) is 0 Å². The monoisotopic (exact) mass is 450 g/mol. The topological polar surface area (TPSA) is 65.5 Å². The number of rotatable bonds is 8. The molecule has 3 heterocycles. The van der Waals surface area contributed by atoms with Crippen molar-refractivity contribution in [1.82, 2.24) is 20.1 Å². The predicted molar refractivity (Wildman–Crippen MR) is 129 cm³/mol. The summed E-state index contributed by atoms with van der Waals surface area (Å²) in [7, 11) is 1.74. The van der Waals surface area contributed by atoms with Gasteiger partial charge in [0.05, 0.1) is 0 Å². The van der Waals surface area contributed by atoms with E-state index in [0.717, 1.165) is 38.8 Å². The van der Waals surface area contributed by atoms with Crippen molar-refractivity contribution in [3.8, 4) is 0 Å². The summed E-state index contributed by atoms with van der Waals surface area (Å²) in [6.45, 7) is 3.07. The van der Waals surface area contributed by atoms with Gasteiger partial charge in [-0.05, 0) is 60.9 Å². The van der Waals surface area contributed by atoms with Crippen LogP contribution in [-0.2, 0) is 17.8 Å². The molecule has 1 aromatic carbocycles. The Morgan fingerprint density at radius 1 is 1.22 bits per heavy atom. The number of carbonyl (C=O) groups excluding carboxylic acids is 2. The number of likely N-dealkylation sites (tertiary alicyclic amines) is 1. The number of fused-ring (bicyclic) bond motifs is 1. The van der Waals surface area contributed by atoms with Gasteiger partial charge in [-0.15, -0.1) is 11.3 Å². The first kappa shape index (κ1) is 22.4. The lowest BCUT2D eigenvalue weighted by atomic mass is 9.87. The number of aromatic nitrogens is 1. The van der Waals surface area contributed by atoms with E-state index >= 15 is 0 Å². The van der Waals surface area contributed by atoms with Gasteiger partial charge in [-0.25, -0.2) is 4.79 Å². The summed E-state index contributed by atoms with van der Waals surface area (Å²) in [5.41, 5.74) is 0.476. The van der Waals surface area contributed by atoms with E-state index in [1.807, 2.05) is 23.5 Å². The number of hydrogen-bond donors (Lipinski definition) is 1. The van der Waals surface area contributed by atoms with E-state index in [2.05, 4.69) is 45.5 Å². The van der Waals surface area contributed by atoms with E-state index in [4.69, 9.17) is 0 Å². The average Bonchev–Trinajstić information content (AvgIpc) is 3.25. The smallest absolute Gasteiger partial charge is 0.317 e. The van der Waals surface area contributed by atoms with Gasteiger partial charge in [0.25, 0.3) is 0 Å². The van der Waals surface area contributed by atoms with Crippen molar-refractivity contribution in [2.24, 2.45) is 0 Å². The van der Waals surface area contributed by atoms with Gasteiger partial charge in [-0.1, -0.05) is 18.2 Å². The third-order valence-electron chi connectivity index (χ3n) is 6.44. The van der Waals surface area contributed by atoms with E-state index in [9.17, 15) is 9.59 Å². The van der Waals surface area contributed by atoms with Crippen molar-refractivity contribution in [1.29, 1.82) is 0 Å². The van der Waals surface area contributed by atoms with Gasteiger partial charge >= 0.3 is 6.03 Å². The zero-order valence-electron chi connectivity index (χ0n) is 18.5. The van der Waals surface area contributed by atoms with Gasteiger partial charge in [0.15, 0.2) is 0 Å². The Kier molecular flexibility index (Phi) is 7.17. The Morgan fingerprint density at radius 3 is 2.69 bits per heavy atom. The third kappa shape index (κ3) is 5.16. The van der Waals surface area contributed by atoms with E-state index in [0.29, 0.717) is 19.4 Å². The van der Waals surface area contributed by atoms with Gasteiger partial charge < -0.3 is 15.0 Å². The molecule has 4 rings (SSSR count). The quantitative estimate of drug-likeness (QED) is 0.414. The number of hydrogen-bond acceptors (Lipinski definition) is 5. The van der Waals surface area contributed by atoms with Crippen molar-refractivity contribution in [3.05, 3.63) is 65.3 Å². The molecule has 3 aromatic rings. The second-order valence-electron chi connectivity index (χ2n) is 8.50. The second kappa shape index (κ2) is 10.2. The molecule has 0 spiro atoms. The number of aldehydes is 1. The number of carbonyl (C=O) groups is 2. The number of urea groups is 1. The molecule has 2 amide bonds. The van der Waals surface area contributed by atoms with E-state index in [1.165, 1.54) is 20.5 Å². The van der Waals surface area contributed by atoms with Gasteiger partial charge in [-0.2, -0.15) is 0 Å². The molecule has 32 heavy (non-hydrogen) atoms. The summed E-state index contributed by atoms with van der Waals surface area (Å²) >= 11 is 1.83. The lowest BCUT2D eigenvalue weighted by Gasteiger charge is -2.43. The normalized spacial score (nSPS) is 16.0. The number of pyridine rings is 1. The standard InChI is InChI=1S/C25H30N4O2S/c1-28(24(31)27-12-4-5-20-8-13-26-14-9-20)25(19-30)10-15-29(16-11-25)18-22-17-21-6-2-3-7-23(21)32-22/h2-3,6-9,13-14,17,19H,4-5,10-12,15-16,18H2,1H3,(H,27,31). The lowest BCUT2D eigenvalue weighted by Crippen LogP contribution is -2.59. The van der Waals surface area contributed by atoms with Crippen molar-refractivity contribution in [2.45, 2.75) is 37.8 Å². The molecular formula is C25H30N4O2S. The van der Waals surface area contributed by atoms with Crippen molar-refractivity contribution in [2.75, 3.05) is 26.7 Å². The zero-order chi connectivity index (χ0) is 22.4. The van der Waals surface area contributed by atoms with Gasteiger partial charge in [-0.3, -0.25) is 9.88 Å². The summed E-state index contributed by atoms with van der Waals surface area (Å²) in [5.74, 6) is 0. The Morgan fingerprint density at radius 2 is 1.97 bits per heavy atom. The Bertz CT molecular complexity index is 1010. The highest BCUT2D eigenvalue weighted by atomic mass is 32.1. The van der Waals surface area contributed by atoms with Crippen LogP contribution in [-0.4, -0.2) is 59.3 Å². The number of likely N-dealkylation sites (N-methyl/N-ethyl adjacent to an activating group) is 1. The highest BCUT2D eigenvalue weighted by molar-refractivity contribution is 7.19. The average molecular weight is 451 g/mol. The number of nitrogens with one attached hydrogen (secondary N) is 1. The molecule has 2 aromatic heterocycles. The van der Waals surface area contributed by atoms with E-state index in [1.54, 1.807) is 24.3 Å². The summed E-state index contributed by atoms with van der Waals surface area (Å²) in [5, 5.41) is 4.26. The fourth-order valence-corrected chi connectivity index (χ4v) is 5.43. The van der Waals surface area contributed by atoms with Crippen LogP contribution in [0.15, 0.2) is 54.9 Å². The largest absolute Gasteiger partial charge is 0.338 e. The van der Waals surface area contributed by atoms with Crippen LogP contribution in [0.5, 0.6) is 0 Å². The third-order valence-corrected chi connectivity index (χ3v) is 7.54. The van der Waals surface area contributed by atoms with E-state index in [-0.39, 0.29) is 6.03 Å². The Labute approximate surface area is 193 Å². The van der Waals surface area contributed by atoms with Crippen molar-refractivity contribution < 1.29 is 9.59 Å². The molecule has 7 heteroatoms. The first-order valence-electron chi connectivity index (χ1n) is 11.2. The maximum absolute atomic E-state index is 12.7. The minimum atomic E-state index is -0.730. The van der Waals surface area contributed by atoms with Crippen LogP contribution in [0.3, 0.4) is 0 Å². The number of nitrogens with zero attached hydrogens (tertiary/aromatic N) is 3. The molecule has 0 radical (unpaired) electrons. The molecule has 0 saturated carbocycles. The first-order chi connectivity index (χ1) is 15.6. The van der Waals surface area contributed by atoms with Crippen LogP contribution in [0.25, 0.3) is 10.1 Å². The minimum Gasteiger partial charge on any atom is -0.338 e. The van der Waals surface area contributed by atoms with Crippen LogP contribution in [0.4, 0.5) is 4.79 Å². The van der Waals surface area contributed by atoms with Crippen molar-refractivity contribution in [3.63, 3.8) is 0 Å². The number of piperidine rings is 1. The van der Waals surface area contributed by atoms with Crippen LogP contribution < -0.4 is 5.32 Å². The summed E-state index contributed by atoms with van der Waals surface area (Å²) in [4.78, 5) is 34.2. The van der Waals surface area contributed by atoms with Crippen LogP contribution >= 0.6 is 11.3 Å². The fourth-order valence-electron chi connectivity index (χ4n) is 4.32. The highest BCUT2D eigenvalue weighted by Gasteiger charge is 2.40. The lowest BCUT2D eigenvalue weighted by molar-refractivity contribution is -0.119. The molecule has 1 fully saturated rings. The van der Waals surface area contributed by atoms with Gasteiger partial charge in [0, 0.05) is 55.2 Å². The molecule has 1 N–H and O–H groups in total. The number of amides is 2. The predicted octanol–water partition coefficient (Wildman–Crippen LogP) is 4.10. The van der Waals surface area contributed by atoms with Crippen molar-refractivity contribution >= 4 is 33.7 Å². The fraction of sp³-hybridized carbons (Fsp3) is 0.400. The highest BCUT2D eigenvalue weighted by Crippen LogP contribution is 2.30. The second-order valence-corrected chi connectivity index (χ2v) is 9.67.